The first-order valence-corrected chi connectivity index (χ1v) is 13.6. The lowest BCUT2D eigenvalue weighted by Gasteiger charge is -2.37. The predicted molar refractivity (Wildman–Crippen MR) is 135 cm³/mol. The number of non-ortho nitro benzene ring substituents is 1. The van der Waals surface area contributed by atoms with Crippen molar-refractivity contribution in [1.82, 2.24) is 9.99 Å². The van der Waals surface area contributed by atoms with Gasteiger partial charge in [-0.05, 0) is 43.8 Å². The van der Waals surface area contributed by atoms with Gasteiger partial charge in [0, 0.05) is 37.2 Å². The number of benzene rings is 2. The average molecular weight is 532 g/mol. The number of nitrogens with one attached hydrogen (secondary N) is 1. The summed E-state index contributed by atoms with van der Waals surface area (Å²) in [4.78, 5) is 12.7. The third-order valence-electron chi connectivity index (χ3n) is 7.09. The van der Waals surface area contributed by atoms with E-state index in [-0.39, 0.29) is 36.1 Å². The zero-order valence-electron chi connectivity index (χ0n) is 20.7. The lowest BCUT2D eigenvalue weighted by Crippen LogP contribution is -2.43. The Labute approximate surface area is 214 Å². The van der Waals surface area contributed by atoms with Gasteiger partial charge in [0.1, 0.15) is 11.9 Å². The van der Waals surface area contributed by atoms with E-state index in [4.69, 9.17) is 18.5 Å². The van der Waals surface area contributed by atoms with E-state index in [9.17, 15) is 19.8 Å². The van der Waals surface area contributed by atoms with E-state index in [0.717, 1.165) is 30.8 Å². The first kappa shape index (κ1) is 25.7. The molecule has 5 rings (SSSR count). The molecule has 0 aromatic heterocycles. The standard InChI is InChI=1S/C25H30N3O8P/c1-27-13-11-25-10-9-20(15-22(25)34-24-21(33-2)8-3-17(16-27)23(24)25)36-37(32,26-12-14-29)35-19-6-4-18(5-7-19)28(30)31/h3-10,20,22,29H,11-16H2,1-2H3,(H,26,32)/t20?,22-,25-,37?/m1/s1. The maximum absolute atomic E-state index is 13.7. The van der Waals surface area contributed by atoms with Gasteiger partial charge in [-0.1, -0.05) is 18.2 Å². The molecule has 2 unspecified atom stereocenters. The number of nitrogens with zero attached hydrogens (tertiary/aromatic N) is 2. The molecule has 0 saturated heterocycles. The molecule has 198 valence electrons. The molecule has 11 nitrogen and oxygen atoms in total. The van der Waals surface area contributed by atoms with Crippen molar-refractivity contribution < 1.29 is 33.1 Å². The van der Waals surface area contributed by atoms with Gasteiger partial charge in [0.2, 0.25) is 0 Å². The van der Waals surface area contributed by atoms with Gasteiger partial charge >= 0.3 is 7.75 Å². The molecule has 2 heterocycles. The Bertz CT molecular complexity index is 1250. The summed E-state index contributed by atoms with van der Waals surface area (Å²) in [6, 6.07) is 9.25. The van der Waals surface area contributed by atoms with E-state index in [0.29, 0.717) is 12.2 Å². The molecule has 2 aliphatic heterocycles. The lowest BCUT2D eigenvalue weighted by molar-refractivity contribution is -0.384. The normalized spacial score (nSPS) is 25.8. The first-order chi connectivity index (χ1) is 17.8. The molecule has 0 amide bonds. The van der Waals surface area contributed by atoms with Gasteiger partial charge in [-0.2, -0.15) is 0 Å². The van der Waals surface area contributed by atoms with E-state index in [1.807, 2.05) is 12.1 Å². The Morgan fingerprint density at radius 3 is 2.78 bits per heavy atom. The monoisotopic (exact) mass is 531 g/mol. The van der Waals surface area contributed by atoms with Crippen LogP contribution >= 0.6 is 7.75 Å². The second-order valence-corrected chi connectivity index (χ2v) is 11.2. The number of methoxy groups -OCH3 is 1. The second-order valence-electron chi connectivity index (χ2n) is 9.48. The van der Waals surface area contributed by atoms with E-state index < -0.39 is 18.8 Å². The molecule has 2 aromatic rings. The molecule has 4 atom stereocenters. The first-order valence-electron chi connectivity index (χ1n) is 12.1. The van der Waals surface area contributed by atoms with Crippen LogP contribution in [0.25, 0.3) is 0 Å². The Kier molecular flexibility index (Phi) is 6.99. The third-order valence-corrected chi connectivity index (χ3v) is 8.70. The van der Waals surface area contributed by atoms with Crippen molar-refractivity contribution in [3.05, 3.63) is 69.8 Å². The molecule has 1 aliphatic carbocycles. The highest BCUT2D eigenvalue weighted by molar-refractivity contribution is 7.52. The summed E-state index contributed by atoms with van der Waals surface area (Å²) in [6.45, 7) is 1.38. The molecule has 3 aliphatic rings. The lowest BCUT2D eigenvalue weighted by atomic mass is 9.69. The van der Waals surface area contributed by atoms with Crippen LogP contribution in [0, 0.1) is 10.1 Å². The maximum Gasteiger partial charge on any atom is 0.459 e. The van der Waals surface area contributed by atoms with Crippen LogP contribution in [0.3, 0.4) is 0 Å². The summed E-state index contributed by atoms with van der Waals surface area (Å²) in [6.07, 6.45) is 4.41. The summed E-state index contributed by atoms with van der Waals surface area (Å²) in [5, 5.41) is 22.9. The summed E-state index contributed by atoms with van der Waals surface area (Å²) in [7, 11) is -0.232. The van der Waals surface area contributed by atoms with Gasteiger partial charge in [-0.25, -0.2) is 9.65 Å². The molecule has 37 heavy (non-hydrogen) atoms. The number of hydrogen-bond donors (Lipinski definition) is 2. The topological polar surface area (TPSA) is 133 Å². The van der Waals surface area contributed by atoms with Gasteiger partial charge in [-0.15, -0.1) is 0 Å². The molecule has 2 N–H and O–H groups in total. The van der Waals surface area contributed by atoms with E-state index in [1.165, 1.54) is 29.8 Å². The number of nitro groups is 1. The van der Waals surface area contributed by atoms with E-state index in [2.05, 4.69) is 29.2 Å². The molecule has 12 heteroatoms. The summed E-state index contributed by atoms with van der Waals surface area (Å²) in [5.41, 5.74) is 1.86. The van der Waals surface area contributed by atoms with Crippen LogP contribution in [0.1, 0.15) is 24.0 Å². The Hall–Kier alpha value is -2.95. The minimum Gasteiger partial charge on any atom is -0.493 e. The van der Waals surface area contributed by atoms with Crippen molar-refractivity contribution >= 4 is 13.4 Å². The van der Waals surface area contributed by atoms with Gasteiger partial charge < -0.3 is 24.0 Å². The molecule has 0 saturated carbocycles. The van der Waals surface area contributed by atoms with Crippen molar-refractivity contribution in [3.8, 4) is 17.2 Å². The maximum atomic E-state index is 13.7. The highest BCUT2D eigenvalue weighted by Gasteiger charge is 2.53. The van der Waals surface area contributed by atoms with Crippen LogP contribution in [-0.2, 0) is 21.0 Å². The summed E-state index contributed by atoms with van der Waals surface area (Å²) < 4.78 is 37.4. The SMILES string of the molecule is COc1ccc2c3c1O[C@@H]1CC(OP(=O)(NCCO)Oc4ccc([N+](=O)[O-])cc4)C=C[C@]31CCN(C)C2. The molecule has 0 radical (unpaired) electrons. The molecule has 1 spiro atoms. The van der Waals surface area contributed by atoms with Crippen LogP contribution < -0.4 is 19.1 Å². The third kappa shape index (κ3) is 4.85. The smallest absolute Gasteiger partial charge is 0.459 e. The van der Waals surface area contributed by atoms with Crippen LogP contribution in [0.2, 0.25) is 0 Å². The molecular weight excluding hydrogens is 501 g/mol. The fourth-order valence-corrected chi connectivity index (χ4v) is 6.84. The summed E-state index contributed by atoms with van der Waals surface area (Å²) in [5.74, 6) is 1.57. The van der Waals surface area contributed by atoms with Gasteiger partial charge in [0.25, 0.3) is 5.69 Å². The van der Waals surface area contributed by atoms with Crippen molar-refractivity contribution in [2.75, 3.05) is 33.9 Å². The fourth-order valence-electron chi connectivity index (χ4n) is 5.37. The van der Waals surface area contributed by atoms with Gasteiger partial charge in [0.15, 0.2) is 11.5 Å². The largest absolute Gasteiger partial charge is 0.493 e. The molecule has 0 bridgehead atoms. The number of nitro benzene ring substituents is 1. The highest BCUT2D eigenvalue weighted by atomic mass is 31.2. The summed E-state index contributed by atoms with van der Waals surface area (Å²) >= 11 is 0. The van der Waals surface area contributed by atoms with E-state index in [1.54, 1.807) is 7.11 Å². The van der Waals surface area contributed by atoms with Crippen LogP contribution in [0.15, 0.2) is 48.6 Å². The molecular formula is C25H30N3O8P. The van der Waals surface area contributed by atoms with E-state index >= 15 is 0 Å². The molecule has 0 fully saturated rings. The minimum atomic E-state index is -3.95. The van der Waals surface area contributed by atoms with Crippen molar-refractivity contribution in [1.29, 1.82) is 0 Å². The van der Waals surface area contributed by atoms with Gasteiger partial charge in [-0.3, -0.25) is 14.6 Å². The Morgan fingerprint density at radius 2 is 2.08 bits per heavy atom. The zero-order valence-corrected chi connectivity index (χ0v) is 21.6. The number of rotatable bonds is 9. The molecule has 2 aromatic carbocycles. The Morgan fingerprint density at radius 1 is 1.30 bits per heavy atom. The van der Waals surface area contributed by atoms with Crippen molar-refractivity contribution in [3.63, 3.8) is 0 Å². The van der Waals surface area contributed by atoms with Crippen molar-refractivity contribution in [2.24, 2.45) is 0 Å². The van der Waals surface area contributed by atoms with Crippen LogP contribution in [0.5, 0.6) is 17.2 Å². The minimum absolute atomic E-state index is 0.0249. The average Bonchev–Trinajstić information content (AvgIpc) is 3.14. The highest BCUT2D eigenvalue weighted by Crippen LogP contribution is 2.57. The number of aliphatic hydroxyl groups excluding tert-OH is 1. The van der Waals surface area contributed by atoms with Crippen molar-refractivity contribution in [2.45, 2.75) is 37.0 Å². The fraction of sp³-hybridized carbons (Fsp3) is 0.440. The Balaban J connectivity index is 1.41. The number of aliphatic hydroxyl groups is 1. The van der Waals surface area contributed by atoms with Crippen LogP contribution in [0.4, 0.5) is 5.69 Å². The quantitative estimate of drug-likeness (QED) is 0.214. The van der Waals surface area contributed by atoms with Gasteiger partial charge in [0.05, 0.1) is 30.2 Å². The number of ether oxygens (including phenoxy) is 2. The zero-order chi connectivity index (χ0) is 26.2. The number of hydrogen-bond acceptors (Lipinski definition) is 9. The predicted octanol–water partition coefficient (Wildman–Crippen LogP) is 3.55. The second kappa shape index (κ2) is 10.1. The van der Waals surface area contributed by atoms with Crippen LogP contribution in [-0.4, -0.2) is 61.0 Å².